The lowest BCUT2D eigenvalue weighted by Crippen LogP contribution is -2.13. The Morgan fingerprint density at radius 2 is 2.10 bits per heavy atom. The van der Waals surface area contributed by atoms with Crippen LogP contribution in [-0.4, -0.2) is 18.8 Å². The van der Waals surface area contributed by atoms with E-state index in [9.17, 15) is 9.59 Å². The van der Waals surface area contributed by atoms with Gasteiger partial charge in [-0.15, -0.1) is 0 Å². The second kappa shape index (κ2) is 6.95. The minimum absolute atomic E-state index is 0.0726. The number of hydrogen-bond donors (Lipinski definition) is 1. The lowest BCUT2D eigenvalue weighted by atomic mass is 10.1. The topological polar surface area (TPSA) is 68.5 Å². The van der Waals surface area contributed by atoms with E-state index in [1.54, 1.807) is 30.3 Å². The number of Topliss-reactive ketones (excluding diaryl/α,β-unsaturated/α-hetero) is 1. The Bertz CT molecular complexity index is 637. The fraction of sp³-hybridized carbons (Fsp3) is 0.200. The second-order valence-corrected chi connectivity index (χ2v) is 4.71. The zero-order valence-corrected chi connectivity index (χ0v) is 12.1. The van der Waals surface area contributed by atoms with Crippen molar-refractivity contribution >= 4 is 29.0 Å². The van der Waals surface area contributed by atoms with Gasteiger partial charge >= 0.3 is 0 Å². The van der Waals surface area contributed by atoms with E-state index >= 15 is 0 Å². The maximum absolute atomic E-state index is 11.8. The second-order valence-electron chi connectivity index (χ2n) is 4.30. The van der Waals surface area contributed by atoms with E-state index in [1.807, 2.05) is 0 Å². The van der Waals surface area contributed by atoms with Crippen LogP contribution < -0.4 is 10.1 Å². The van der Waals surface area contributed by atoms with Gasteiger partial charge in [0.1, 0.15) is 5.75 Å². The number of amides is 1. The van der Waals surface area contributed by atoms with E-state index in [0.717, 1.165) is 0 Å². The Hall–Kier alpha value is -2.27. The van der Waals surface area contributed by atoms with Crippen molar-refractivity contribution in [3.8, 4) is 5.75 Å². The number of carbonyl (C=O) groups is 2. The van der Waals surface area contributed by atoms with Crippen molar-refractivity contribution in [1.82, 2.24) is 0 Å². The van der Waals surface area contributed by atoms with Crippen LogP contribution >= 0.6 is 11.6 Å². The molecule has 21 heavy (non-hydrogen) atoms. The highest BCUT2D eigenvalue weighted by Gasteiger charge is 2.12. The van der Waals surface area contributed by atoms with Crippen LogP contribution in [0.1, 0.15) is 23.4 Å². The average Bonchev–Trinajstić information content (AvgIpc) is 2.99. The van der Waals surface area contributed by atoms with Crippen LogP contribution in [0.2, 0.25) is 5.02 Å². The average molecular weight is 308 g/mol. The van der Waals surface area contributed by atoms with Gasteiger partial charge in [0.25, 0.3) is 0 Å². The van der Waals surface area contributed by atoms with Crippen LogP contribution in [0.3, 0.4) is 0 Å². The Morgan fingerprint density at radius 3 is 2.71 bits per heavy atom. The third-order valence-electron chi connectivity index (χ3n) is 2.81. The quantitative estimate of drug-likeness (QED) is 0.829. The molecule has 1 amide bonds. The third kappa shape index (κ3) is 4.10. The molecule has 0 spiro atoms. The molecule has 1 aromatic heterocycles. The summed E-state index contributed by atoms with van der Waals surface area (Å²) in [6.45, 7) is 0. The number of carbonyl (C=O) groups excluding carboxylic acids is 2. The molecule has 1 aromatic carbocycles. The number of anilines is 1. The molecule has 0 aliphatic carbocycles. The Balaban J connectivity index is 1.87. The van der Waals surface area contributed by atoms with Gasteiger partial charge in [-0.3, -0.25) is 9.59 Å². The number of ketones is 1. The van der Waals surface area contributed by atoms with Gasteiger partial charge in [0.2, 0.25) is 5.91 Å². The summed E-state index contributed by atoms with van der Waals surface area (Å²) in [4.78, 5) is 23.5. The first kappa shape index (κ1) is 15.1. The molecule has 5 nitrogen and oxygen atoms in total. The first-order valence-electron chi connectivity index (χ1n) is 6.30. The number of rotatable bonds is 6. The van der Waals surface area contributed by atoms with Crippen molar-refractivity contribution in [3.05, 3.63) is 47.4 Å². The minimum Gasteiger partial charge on any atom is -0.495 e. The van der Waals surface area contributed by atoms with Gasteiger partial charge in [0, 0.05) is 18.5 Å². The predicted octanol–water partition coefficient (Wildman–Crippen LogP) is 3.54. The van der Waals surface area contributed by atoms with E-state index in [-0.39, 0.29) is 30.3 Å². The number of benzene rings is 1. The van der Waals surface area contributed by atoms with Gasteiger partial charge in [-0.1, -0.05) is 11.6 Å². The summed E-state index contributed by atoms with van der Waals surface area (Å²) in [7, 11) is 1.51. The zero-order valence-electron chi connectivity index (χ0n) is 11.4. The molecule has 6 heteroatoms. The molecule has 2 rings (SSSR count). The molecule has 0 saturated heterocycles. The van der Waals surface area contributed by atoms with Gasteiger partial charge in [0.05, 0.1) is 18.4 Å². The monoisotopic (exact) mass is 307 g/mol. The predicted molar refractivity (Wildman–Crippen MR) is 78.9 cm³/mol. The molecular weight excluding hydrogens is 294 g/mol. The molecule has 0 aliphatic heterocycles. The van der Waals surface area contributed by atoms with Crippen LogP contribution in [0.15, 0.2) is 41.0 Å². The van der Waals surface area contributed by atoms with Crippen LogP contribution in [-0.2, 0) is 4.79 Å². The van der Waals surface area contributed by atoms with Crippen LogP contribution in [0.4, 0.5) is 5.69 Å². The zero-order chi connectivity index (χ0) is 15.2. The number of methoxy groups -OCH3 is 1. The van der Waals surface area contributed by atoms with E-state index in [2.05, 4.69) is 5.32 Å². The molecular formula is C15H14ClNO4. The maximum Gasteiger partial charge on any atom is 0.224 e. The largest absolute Gasteiger partial charge is 0.495 e. The molecule has 0 bridgehead atoms. The Kier molecular flexibility index (Phi) is 5.00. The van der Waals surface area contributed by atoms with E-state index < -0.39 is 0 Å². The summed E-state index contributed by atoms with van der Waals surface area (Å²) in [5, 5.41) is 3.08. The molecule has 0 fully saturated rings. The van der Waals surface area contributed by atoms with Crippen LogP contribution in [0.5, 0.6) is 5.75 Å². The number of halogens is 1. The summed E-state index contributed by atoms with van der Waals surface area (Å²) < 4.78 is 10.0. The summed E-state index contributed by atoms with van der Waals surface area (Å²) in [5.74, 6) is 0.317. The smallest absolute Gasteiger partial charge is 0.224 e. The highest BCUT2D eigenvalue weighted by atomic mass is 35.5. The number of furan rings is 1. The normalized spacial score (nSPS) is 10.2. The standard InChI is InChI=1S/C15H14ClNO4/c1-20-13-6-4-10(9-11(13)16)17-15(19)7-5-12(18)14-3-2-8-21-14/h2-4,6,8-9H,5,7H2,1H3,(H,17,19). The SMILES string of the molecule is COc1ccc(NC(=O)CCC(=O)c2ccco2)cc1Cl. The Labute approximate surface area is 126 Å². The summed E-state index contributed by atoms with van der Waals surface area (Å²) in [6.07, 6.45) is 1.58. The fourth-order valence-electron chi connectivity index (χ4n) is 1.76. The lowest BCUT2D eigenvalue weighted by Gasteiger charge is -2.07. The van der Waals surface area contributed by atoms with Crippen LogP contribution in [0, 0.1) is 0 Å². The number of hydrogen-bond acceptors (Lipinski definition) is 4. The van der Waals surface area contributed by atoms with Gasteiger partial charge in [-0.05, 0) is 30.3 Å². The van der Waals surface area contributed by atoms with Crippen molar-refractivity contribution in [2.45, 2.75) is 12.8 Å². The molecule has 110 valence electrons. The fourth-order valence-corrected chi connectivity index (χ4v) is 2.01. The van der Waals surface area contributed by atoms with E-state index in [0.29, 0.717) is 16.5 Å². The van der Waals surface area contributed by atoms with Crippen molar-refractivity contribution in [3.63, 3.8) is 0 Å². The first-order valence-corrected chi connectivity index (χ1v) is 6.68. The van der Waals surface area contributed by atoms with E-state index in [1.165, 1.54) is 13.4 Å². The molecule has 0 unspecified atom stereocenters. The van der Waals surface area contributed by atoms with Crippen molar-refractivity contribution in [2.75, 3.05) is 12.4 Å². The summed E-state index contributed by atoms with van der Waals surface area (Å²) in [5.41, 5.74) is 0.552. The number of ether oxygens (including phenoxy) is 1. The molecule has 0 atom stereocenters. The molecule has 1 N–H and O–H groups in total. The Morgan fingerprint density at radius 1 is 1.29 bits per heavy atom. The molecule has 0 radical (unpaired) electrons. The van der Waals surface area contributed by atoms with Gasteiger partial charge < -0.3 is 14.5 Å². The van der Waals surface area contributed by atoms with Crippen molar-refractivity contribution in [2.24, 2.45) is 0 Å². The first-order chi connectivity index (χ1) is 10.1. The molecule has 0 saturated carbocycles. The van der Waals surface area contributed by atoms with Crippen LogP contribution in [0.25, 0.3) is 0 Å². The molecule has 2 aromatic rings. The molecule has 0 aliphatic rings. The maximum atomic E-state index is 11.8. The lowest BCUT2D eigenvalue weighted by molar-refractivity contribution is -0.116. The highest BCUT2D eigenvalue weighted by molar-refractivity contribution is 6.32. The summed E-state index contributed by atoms with van der Waals surface area (Å²) in [6, 6.07) is 8.13. The van der Waals surface area contributed by atoms with Gasteiger partial charge in [-0.2, -0.15) is 0 Å². The molecule has 1 heterocycles. The minimum atomic E-state index is -0.267. The van der Waals surface area contributed by atoms with Crippen molar-refractivity contribution < 1.29 is 18.7 Å². The van der Waals surface area contributed by atoms with E-state index in [4.69, 9.17) is 20.8 Å². The number of nitrogens with one attached hydrogen (secondary N) is 1. The highest BCUT2D eigenvalue weighted by Crippen LogP contribution is 2.27. The van der Waals surface area contributed by atoms with Gasteiger partial charge in [-0.25, -0.2) is 0 Å². The van der Waals surface area contributed by atoms with Crippen molar-refractivity contribution in [1.29, 1.82) is 0 Å². The van der Waals surface area contributed by atoms with Gasteiger partial charge in [0.15, 0.2) is 11.5 Å². The summed E-state index contributed by atoms with van der Waals surface area (Å²) >= 11 is 5.97. The third-order valence-corrected chi connectivity index (χ3v) is 3.11.